The van der Waals surface area contributed by atoms with Crippen LogP contribution in [0.25, 0.3) is 44.3 Å². The molecule has 5 heteroatoms. The molecule has 0 atom stereocenters. The van der Waals surface area contributed by atoms with Gasteiger partial charge in [0.15, 0.2) is 0 Å². The molecule has 1 N–H and O–H groups in total. The Bertz CT molecular complexity index is 1280. The predicted molar refractivity (Wildman–Crippen MR) is 108 cm³/mol. The zero-order valence-corrected chi connectivity index (χ0v) is 15.1. The van der Waals surface area contributed by atoms with Gasteiger partial charge in [-0.3, -0.25) is 0 Å². The lowest BCUT2D eigenvalue weighted by Crippen LogP contribution is -1.86. The number of benzene rings is 2. The van der Waals surface area contributed by atoms with Crippen molar-refractivity contribution in [3.8, 4) is 28.0 Å². The van der Waals surface area contributed by atoms with Crippen molar-refractivity contribution in [1.29, 1.82) is 0 Å². The van der Waals surface area contributed by atoms with E-state index in [1.165, 1.54) is 0 Å². The molecule has 0 saturated heterocycles. The smallest absolute Gasteiger partial charge is 0.137 e. The molecule has 0 unspecified atom stereocenters. The Labute approximate surface area is 156 Å². The Morgan fingerprint density at radius 3 is 2.78 bits per heavy atom. The molecule has 0 aliphatic carbocycles. The summed E-state index contributed by atoms with van der Waals surface area (Å²) in [6, 6.07) is 16.5. The van der Waals surface area contributed by atoms with Crippen molar-refractivity contribution in [3.05, 3.63) is 67.3 Å². The van der Waals surface area contributed by atoms with Gasteiger partial charge in [-0.15, -0.1) is 0 Å². The summed E-state index contributed by atoms with van der Waals surface area (Å²) in [4.78, 5) is 12.3. The summed E-state index contributed by atoms with van der Waals surface area (Å²) < 4.78 is 7.39. The van der Waals surface area contributed by atoms with Gasteiger partial charge in [0.05, 0.1) is 24.5 Å². The van der Waals surface area contributed by atoms with Crippen molar-refractivity contribution in [3.63, 3.8) is 0 Å². The summed E-state index contributed by atoms with van der Waals surface area (Å²) in [5, 5.41) is 1.09. The van der Waals surface area contributed by atoms with Crippen molar-refractivity contribution >= 4 is 22.1 Å². The van der Waals surface area contributed by atoms with Gasteiger partial charge in [-0.25, -0.2) is 9.97 Å². The van der Waals surface area contributed by atoms with E-state index in [-0.39, 0.29) is 0 Å². The molecule has 0 fully saturated rings. The van der Waals surface area contributed by atoms with Crippen LogP contribution in [-0.2, 0) is 7.05 Å². The maximum atomic E-state index is 5.35. The van der Waals surface area contributed by atoms with E-state index in [2.05, 4.69) is 45.3 Å². The van der Waals surface area contributed by atoms with Crippen LogP contribution in [0, 0.1) is 0 Å². The van der Waals surface area contributed by atoms with E-state index in [0.717, 1.165) is 50.1 Å². The molecule has 3 aromatic heterocycles. The van der Waals surface area contributed by atoms with Gasteiger partial charge in [-0.2, -0.15) is 0 Å². The highest BCUT2D eigenvalue weighted by Gasteiger charge is 2.11. The number of H-pyrrole nitrogens is 1. The lowest BCUT2D eigenvalue weighted by Gasteiger charge is -2.06. The van der Waals surface area contributed by atoms with E-state index >= 15 is 0 Å². The average Bonchev–Trinajstić information content (AvgIpc) is 3.31. The molecule has 0 spiro atoms. The van der Waals surface area contributed by atoms with E-state index in [4.69, 9.17) is 4.74 Å². The van der Waals surface area contributed by atoms with Gasteiger partial charge in [-0.1, -0.05) is 18.2 Å². The number of aromatic amines is 1. The number of aryl methyl sites for hydroxylation is 1. The number of fused-ring (bicyclic) bond motifs is 2. The minimum absolute atomic E-state index is 0.837. The molecule has 5 nitrogen and oxygen atoms in total. The summed E-state index contributed by atoms with van der Waals surface area (Å²) in [5.41, 5.74) is 7.39. The Morgan fingerprint density at radius 2 is 1.89 bits per heavy atom. The zero-order chi connectivity index (χ0) is 18.4. The second kappa shape index (κ2) is 5.99. The monoisotopic (exact) mass is 354 g/mol. The molecule has 27 heavy (non-hydrogen) atoms. The third-order valence-corrected chi connectivity index (χ3v) is 4.97. The number of imidazole rings is 1. The van der Waals surface area contributed by atoms with E-state index in [0.29, 0.717) is 0 Å². The van der Waals surface area contributed by atoms with Gasteiger partial charge in [0.1, 0.15) is 11.4 Å². The van der Waals surface area contributed by atoms with Crippen LogP contribution in [0.1, 0.15) is 0 Å². The van der Waals surface area contributed by atoms with Crippen molar-refractivity contribution in [1.82, 2.24) is 19.5 Å². The third kappa shape index (κ3) is 2.56. The molecule has 5 rings (SSSR count). The minimum Gasteiger partial charge on any atom is -0.497 e. The number of nitrogens with zero attached hydrogens (tertiary/aromatic N) is 3. The number of pyridine rings is 1. The molecule has 5 aromatic rings. The second-order valence-electron chi connectivity index (χ2n) is 6.61. The number of hydrogen-bond donors (Lipinski definition) is 1. The van der Waals surface area contributed by atoms with Crippen LogP contribution in [0.2, 0.25) is 0 Å². The molecule has 0 radical (unpaired) electrons. The maximum absolute atomic E-state index is 5.35. The number of ether oxygens (including phenoxy) is 1. The zero-order valence-electron chi connectivity index (χ0n) is 15.1. The van der Waals surface area contributed by atoms with Gasteiger partial charge < -0.3 is 14.3 Å². The SMILES string of the molecule is COc1cccc(-c2cnc3[nH]cc(-c4ccc5ncn(C)c5c4)c3c2)c1. The van der Waals surface area contributed by atoms with Crippen LogP contribution < -0.4 is 4.74 Å². The molecule has 132 valence electrons. The van der Waals surface area contributed by atoms with Gasteiger partial charge in [0, 0.05) is 36.0 Å². The standard InChI is InChI=1S/C22H18N4O/c1-26-13-25-20-7-6-15(10-21(20)26)19-12-24-22-18(19)9-16(11-23-22)14-4-3-5-17(8-14)27-2/h3-13H,1-2H3,(H,23,24). The first-order chi connectivity index (χ1) is 13.2. The quantitative estimate of drug-likeness (QED) is 0.507. The van der Waals surface area contributed by atoms with Crippen LogP contribution in [0.15, 0.2) is 67.3 Å². The summed E-state index contributed by atoms with van der Waals surface area (Å²) in [5.74, 6) is 0.837. The summed E-state index contributed by atoms with van der Waals surface area (Å²) in [6.45, 7) is 0. The molecule has 0 amide bonds. The number of nitrogens with one attached hydrogen (secondary N) is 1. The minimum atomic E-state index is 0.837. The van der Waals surface area contributed by atoms with Gasteiger partial charge >= 0.3 is 0 Å². The predicted octanol–water partition coefficient (Wildman–Crippen LogP) is 4.79. The largest absolute Gasteiger partial charge is 0.497 e. The fraction of sp³-hybridized carbons (Fsp3) is 0.0909. The highest BCUT2D eigenvalue weighted by Crippen LogP contribution is 2.33. The molecule has 2 aromatic carbocycles. The van der Waals surface area contributed by atoms with E-state index in [9.17, 15) is 0 Å². The molecule has 0 aliphatic heterocycles. The van der Waals surface area contributed by atoms with Gasteiger partial charge in [-0.05, 0) is 41.5 Å². The number of rotatable bonds is 3. The maximum Gasteiger partial charge on any atom is 0.137 e. The molecule has 0 aliphatic rings. The number of hydrogen-bond acceptors (Lipinski definition) is 3. The Kier molecular flexibility index (Phi) is 3.47. The second-order valence-corrected chi connectivity index (χ2v) is 6.61. The van der Waals surface area contributed by atoms with Crippen LogP contribution in [0.5, 0.6) is 5.75 Å². The Hall–Kier alpha value is -3.60. The van der Waals surface area contributed by atoms with E-state index < -0.39 is 0 Å². The molecule has 0 bridgehead atoms. The normalized spacial score (nSPS) is 11.3. The van der Waals surface area contributed by atoms with Crippen LogP contribution in [0.4, 0.5) is 0 Å². The summed E-state index contributed by atoms with van der Waals surface area (Å²) in [6.07, 6.45) is 5.75. The lowest BCUT2D eigenvalue weighted by atomic mass is 10.0. The number of aromatic nitrogens is 4. The topological polar surface area (TPSA) is 55.7 Å². The molecular formula is C22H18N4O. The fourth-order valence-corrected chi connectivity index (χ4v) is 3.50. The van der Waals surface area contributed by atoms with E-state index in [1.54, 1.807) is 7.11 Å². The Morgan fingerprint density at radius 1 is 0.963 bits per heavy atom. The first kappa shape index (κ1) is 15.6. The van der Waals surface area contributed by atoms with Crippen molar-refractivity contribution in [2.24, 2.45) is 7.05 Å². The van der Waals surface area contributed by atoms with Crippen molar-refractivity contribution in [2.75, 3.05) is 7.11 Å². The highest BCUT2D eigenvalue weighted by atomic mass is 16.5. The van der Waals surface area contributed by atoms with E-state index in [1.807, 2.05) is 48.5 Å². The van der Waals surface area contributed by atoms with Gasteiger partial charge in [0.25, 0.3) is 0 Å². The van der Waals surface area contributed by atoms with Crippen molar-refractivity contribution in [2.45, 2.75) is 0 Å². The molecule has 0 saturated carbocycles. The summed E-state index contributed by atoms with van der Waals surface area (Å²) in [7, 11) is 3.69. The van der Waals surface area contributed by atoms with Crippen LogP contribution in [0.3, 0.4) is 0 Å². The first-order valence-corrected chi connectivity index (χ1v) is 8.76. The average molecular weight is 354 g/mol. The van der Waals surface area contributed by atoms with Gasteiger partial charge in [0.2, 0.25) is 0 Å². The Balaban J connectivity index is 1.67. The summed E-state index contributed by atoms with van der Waals surface area (Å²) >= 11 is 0. The number of methoxy groups -OCH3 is 1. The fourth-order valence-electron chi connectivity index (χ4n) is 3.50. The lowest BCUT2D eigenvalue weighted by molar-refractivity contribution is 0.415. The van der Waals surface area contributed by atoms with Crippen LogP contribution in [-0.4, -0.2) is 26.6 Å². The highest BCUT2D eigenvalue weighted by molar-refractivity contribution is 5.97. The van der Waals surface area contributed by atoms with Crippen LogP contribution >= 0.6 is 0 Å². The third-order valence-electron chi connectivity index (χ3n) is 4.97. The molecule has 3 heterocycles. The van der Waals surface area contributed by atoms with Crippen molar-refractivity contribution < 1.29 is 4.74 Å². The first-order valence-electron chi connectivity index (χ1n) is 8.76. The molecular weight excluding hydrogens is 336 g/mol.